The molecule has 154 valence electrons. The van der Waals surface area contributed by atoms with Gasteiger partial charge < -0.3 is 4.74 Å². The molecule has 0 radical (unpaired) electrons. The number of benzene rings is 3. The van der Waals surface area contributed by atoms with Gasteiger partial charge in [-0.3, -0.25) is 9.97 Å². The van der Waals surface area contributed by atoms with Gasteiger partial charge in [0, 0.05) is 30.2 Å². The minimum Gasteiger partial charge on any atom is -0.405 e. The number of halogens is 3. The van der Waals surface area contributed by atoms with E-state index in [1.807, 2.05) is 18.2 Å². The first-order valence-electron chi connectivity index (χ1n) is 9.87. The molecule has 0 spiro atoms. The van der Waals surface area contributed by atoms with Crippen LogP contribution in [0.1, 0.15) is 36.8 Å². The average Bonchev–Trinajstić information content (AvgIpc) is 2.74. The van der Waals surface area contributed by atoms with E-state index in [9.17, 15) is 13.2 Å². The fourth-order valence-corrected chi connectivity index (χ4v) is 4.22. The van der Waals surface area contributed by atoms with E-state index in [1.165, 1.54) is 11.1 Å². The summed E-state index contributed by atoms with van der Waals surface area (Å²) in [5.74, 6) is 0.231. The summed E-state index contributed by atoms with van der Waals surface area (Å²) < 4.78 is 42.9. The summed E-state index contributed by atoms with van der Waals surface area (Å²) in [6, 6.07) is 12.9. The van der Waals surface area contributed by atoms with Crippen LogP contribution in [0.4, 0.5) is 13.2 Å². The molecule has 1 unspecified atom stereocenters. The zero-order valence-corrected chi connectivity index (χ0v) is 16.5. The first kappa shape index (κ1) is 20.1. The van der Waals surface area contributed by atoms with Gasteiger partial charge in [-0.25, -0.2) is 0 Å². The van der Waals surface area contributed by atoms with E-state index in [4.69, 9.17) is 0 Å². The van der Waals surface area contributed by atoms with Crippen LogP contribution in [0.25, 0.3) is 21.5 Å². The number of rotatable bonds is 1. The molecule has 0 N–H and O–H groups in total. The second kappa shape index (κ2) is 8.30. The van der Waals surface area contributed by atoms with E-state index < -0.39 is 6.36 Å². The van der Waals surface area contributed by atoms with Crippen LogP contribution in [-0.2, 0) is 6.42 Å². The van der Waals surface area contributed by atoms with Crippen molar-refractivity contribution in [1.82, 2.24) is 9.97 Å². The van der Waals surface area contributed by atoms with E-state index in [1.54, 1.807) is 43.0 Å². The third-order valence-electron chi connectivity index (χ3n) is 5.41. The summed E-state index contributed by atoms with van der Waals surface area (Å²) in [7, 11) is 0. The standard InChI is InChI=1S/C20H17F3O.C4H4N2/c1-12-5-4-6-13-9-10-15-14-7-2-3-8-16(14)18(24-20(21,22)23)11-17(15)19(12)13;1-2-6-4-3-5-1/h2-3,7-12H,4-6H2,1H3;1-4H. The fourth-order valence-electron chi connectivity index (χ4n) is 4.22. The molecule has 0 bridgehead atoms. The Hall–Kier alpha value is -3.15. The first-order valence-corrected chi connectivity index (χ1v) is 9.87. The molecule has 5 rings (SSSR count). The van der Waals surface area contributed by atoms with E-state index >= 15 is 0 Å². The number of aromatic nitrogens is 2. The summed E-state index contributed by atoms with van der Waals surface area (Å²) >= 11 is 0. The lowest BCUT2D eigenvalue weighted by Crippen LogP contribution is -2.17. The Morgan fingerprint density at radius 1 is 0.867 bits per heavy atom. The van der Waals surface area contributed by atoms with Crippen molar-refractivity contribution in [2.75, 3.05) is 0 Å². The predicted octanol–water partition coefficient (Wildman–Crippen LogP) is 6.81. The minimum absolute atomic E-state index is 0.114. The van der Waals surface area contributed by atoms with Gasteiger partial charge in [-0.15, -0.1) is 13.2 Å². The molecule has 30 heavy (non-hydrogen) atoms. The second-order valence-corrected chi connectivity index (χ2v) is 7.39. The van der Waals surface area contributed by atoms with Gasteiger partial charge >= 0.3 is 6.36 Å². The molecular formula is C24H21F3N2O. The van der Waals surface area contributed by atoms with Crippen LogP contribution >= 0.6 is 0 Å². The molecule has 4 aromatic rings. The SMILES string of the molecule is CC1CCCc2ccc3c(cc(OC(F)(F)F)c4ccccc43)c21.c1cnccn1. The fraction of sp³-hybridized carbons (Fsp3) is 0.250. The Bertz CT molecular complexity index is 1130. The third-order valence-corrected chi connectivity index (χ3v) is 5.41. The van der Waals surface area contributed by atoms with Crippen LogP contribution < -0.4 is 4.74 Å². The van der Waals surface area contributed by atoms with Crippen LogP contribution in [0.3, 0.4) is 0 Å². The lowest BCUT2D eigenvalue weighted by atomic mass is 9.80. The number of aryl methyl sites for hydroxylation is 1. The minimum atomic E-state index is -4.70. The summed E-state index contributed by atoms with van der Waals surface area (Å²) in [5, 5.41) is 3.17. The Morgan fingerprint density at radius 3 is 2.13 bits per heavy atom. The van der Waals surface area contributed by atoms with Crippen LogP contribution in [0.5, 0.6) is 5.75 Å². The van der Waals surface area contributed by atoms with Gasteiger partial charge in [-0.2, -0.15) is 0 Å². The Balaban J connectivity index is 0.000000313. The lowest BCUT2D eigenvalue weighted by Gasteiger charge is -2.25. The van der Waals surface area contributed by atoms with Crippen molar-refractivity contribution in [3.05, 3.63) is 78.4 Å². The normalized spacial score (nSPS) is 15.9. The van der Waals surface area contributed by atoms with Crippen LogP contribution in [-0.4, -0.2) is 16.3 Å². The van der Waals surface area contributed by atoms with Crippen molar-refractivity contribution in [3.63, 3.8) is 0 Å². The first-order chi connectivity index (χ1) is 14.4. The highest BCUT2D eigenvalue weighted by atomic mass is 19.4. The average molecular weight is 410 g/mol. The summed E-state index contributed by atoms with van der Waals surface area (Å²) in [4.78, 5) is 7.44. The highest BCUT2D eigenvalue weighted by Gasteiger charge is 2.32. The number of alkyl halides is 3. The molecule has 1 aliphatic carbocycles. The lowest BCUT2D eigenvalue weighted by molar-refractivity contribution is -0.274. The summed E-state index contributed by atoms with van der Waals surface area (Å²) in [6.07, 6.45) is 5.03. The van der Waals surface area contributed by atoms with Crippen molar-refractivity contribution in [2.24, 2.45) is 0 Å². The molecule has 0 saturated heterocycles. The predicted molar refractivity (Wildman–Crippen MR) is 112 cm³/mol. The highest BCUT2D eigenvalue weighted by molar-refractivity contribution is 6.11. The highest BCUT2D eigenvalue weighted by Crippen LogP contribution is 2.42. The van der Waals surface area contributed by atoms with Gasteiger partial charge in [-0.1, -0.05) is 43.3 Å². The Morgan fingerprint density at radius 2 is 1.50 bits per heavy atom. The molecule has 0 fully saturated rings. The molecule has 6 heteroatoms. The molecule has 0 saturated carbocycles. The molecule has 3 nitrogen and oxygen atoms in total. The quantitative estimate of drug-likeness (QED) is 0.323. The van der Waals surface area contributed by atoms with Crippen molar-refractivity contribution in [3.8, 4) is 5.75 Å². The van der Waals surface area contributed by atoms with Crippen LogP contribution in [0.15, 0.2) is 67.3 Å². The van der Waals surface area contributed by atoms with E-state index in [0.717, 1.165) is 35.4 Å². The van der Waals surface area contributed by atoms with Crippen molar-refractivity contribution >= 4 is 21.5 Å². The van der Waals surface area contributed by atoms with Gasteiger partial charge in [0.2, 0.25) is 0 Å². The smallest absolute Gasteiger partial charge is 0.405 e. The zero-order valence-electron chi connectivity index (χ0n) is 16.5. The molecule has 1 aromatic heterocycles. The largest absolute Gasteiger partial charge is 0.573 e. The summed E-state index contributed by atoms with van der Waals surface area (Å²) in [5.41, 5.74) is 2.42. The number of hydrogen-bond acceptors (Lipinski definition) is 3. The monoisotopic (exact) mass is 410 g/mol. The van der Waals surface area contributed by atoms with Gasteiger partial charge in [0.05, 0.1) is 0 Å². The molecule has 0 aliphatic heterocycles. The maximum Gasteiger partial charge on any atom is 0.573 e. The Kier molecular flexibility index (Phi) is 5.57. The molecule has 3 aromatic carbocycles. The second-order valence-electron chi connectivity index (χ2n) is 7.39. The summed E-state index contributed by atoms with van der Waals surface area (Å²) in [6.45, 7) is 2.15. The van der Waals surface area contributed by atoms with E-state index in [-0.39, 0.29) is 5.75 Å². The zero-order chi connectivity index (χ0) is 21.1. The molecule has 1 atom stereocenters. The maximum absolute atomic E-state index is 12.9. The number of fused-ring (bicyclic) bond motifs is 5. The number of hydrogen-bond donors (Lipinski definition) is 0. The van der Waals surface area contributed by atoms with Gasteiger partial charge in [0.1, 0.15) is 5.75 Å². The van der Waals surface area contributed by atoms with Gasteiger partial charge in [0.15, 0.2) is 0 Å². The van der Waals surface area contributed by atoms with Crippen LogP contribution in [0.2, 0.25) is 0 Å². The van der Waals surface area contributed by atoms with Gasteiger partial charge in [0.25, 0.3) is 0 Å². The van der Waals surface area contributed by atoms with Crippen molar-refractivity contribution < 1.29 is 17.9 Å². The van der Waals surface area contributed by atoms with Crippen LogP contribution in [0, 0.1) is 0 Å². The number of nitrogens with zero attached hydrogens (tertiary/aromatic N) is 2. The molecule has 0 amide bonds. The number of ether oxygens (including phenoxy) is 1. The van der Waals surface area contributed by atoms with E-state index in [2.05, 4.69) is 27.7 Å². The van der Waals surface area contributed by atoms with Crippen molar-refractivity contribution in [2.45, 2.75) is 38.5 Å². The third kappa shape index (κ3) is 4.22. The molecule has 1 aliphatic rings. The van der Waals surface area contributed by atoms with E-state index in [0.29, 0.717) is 11.3 Å². The molecular weight excluding hydrogens is 389 g/mol. The van der Waals surface area contributed by atoms with Gasteiger partial charge in [-0.05, 0) is 58.5 Å². The maximum atomic E-state index is 12.9. The topological polar surface area (TPSA) is 35.0 Å². The van der Waals surface area contributed by atoms with Crippen molar-refractivity contribution in [1.29, 1.82) is 0 Å². The molecule has 1 heterocycles. The Labute approximate surface area is 172 Å².